The molecule has 0 bridgehead atoms. The van der Waals surface area contributed by atoms with E-state index in [4.69, 9.17) is 0 Å². The molecule has 1 N–H and O–H groups in total. The standard InChI is InChI=1S/C14H18N2/c1-12-4-2-6-14(16-12)7-3-5-13-8-10-15-11-9-13/h2,4,6,13,15H,7-11H2,1H3. The third kappa shape index (κ3) is 3.36. The molecule has 1 aromatic heterocycles. The van der Waals surface area contributed by atoms with Gasteiger partial charge in [0.05, 0.1) is 12.1 Å². The Balaban J connectivity index is 1.88. The molecule has 2 rings (SSSR count). The number of pyridine rings is 1. The van der Waals surface area contributed by atoms with Crippen molar-refractivity contribution < 1.29 is 0 Å². The van der Waals surface area contributed by atoms with Gasteiger partial charge in [0.25, 0.3) is 0 Å². The largest absolute Gasteiger partial charge is 0.317 e. The van der Waals surface area contributed by atoms with E-state index in [0.29, 0.717) is 5.92 Å². The van der Waals surface area contributed by atoms with Gasteiger partial charge in [0.1, 0.15) is 0 Å². The van der Waals surface area contributed by atoms with Crippen LogP contribution in [0.25, 0.3) is 0 Å². The maximum atomic E-state index is 4.44. The van der Waals surface area contributed by atoms with Crippen molar-refractivity contribution >= 4 is 0 Å². The molecule has 0 radical (unpaired) electrons. The zero-order valence-corrected chi connectivity index (χ0v) is 9.79. The van der Waals surface area contributed by atoms with E-state index in [1.165, 1.54) is 12.8 Å². The minimum atomic E-state index is 0.589. The summed E-state index contributed by atoms with van der Waals surface area (Å²) in [7, 11) is 0. The van der Waals surface area contributed by atoms with E-state index in [2.05, 4.69) is 22.1 Å². The van der Waals surface area contributed by atoms with Crippen LogP contribution in [0.15, 0.2) is 18.2 Å². The van der Waals surface area contributed by atoms with Crippen LogP contribution < -0.4 is 5.32 Å². The average molecular weight is 214 g/mol. The summed E-state index contributed by atoms with van der Waals surface area (Å²) in [4.78, 5) is 4.44. The molecule has 16 heavy (non-hydrogen) atoms. The zero-order chi connectivity index (χ0) is 11.2. The van der Waals surface area contributed by atoms with E-state index in [0.717, 1.165) is 30.9 Å². The van der Waals surface area contributed by atoms with Crippen LogP contribution in [0.3, 0.4) is 0 Å². The second-order valence-electron chi connectivity index (χ2n) is 4.29. The highest BCUT2D eigenvalue weighted by Gasteiger charge is 2.08. The van der Waals surface area contributed by atoms with Crippen molar-refractivity contribution in [2.45, 2.75) is 26.2 Å². The molecule has 1 aromatic rings. The number of aryl methyl sites for hydroxylation is 1. The van der Waals surface area contributed by atoms with Crippen molar-refractivity contribution in [2.24, 2.45) is 5.92 Å². The number of hydrogen-bond donors (Lipinski definition) is 1. The molecule has 1 aliphatic heterocycles. The second kappa shape index (κ2) is 5.67. The number of aromatic nitrogens is 1. The zero-order valence-electron chi connectivity index (χ0n) is 9.79. The minimum Gasteiger partial charge on any atom is -0.317 e. The minimum absolute atomic E-state index is 0.589. The van der Waals surface area contributed by atoms with E-state index in [1.807, 2.05) is 25.1 Å². The normalized spacial score (nSPS) is 16.6. The van der Waals surface area contributed by atoms with Crippen molar-refractivity contribution in [2.75, 3.05) is 13.1 Å². The lowest BCUT2D eigenvalue weighted by molar-refractivity contribution is 0.447. The van der Waals surface area contributed by atoms with Gasteiger partial charge in [-0.3, -0.25) is 4.98 Å². The lowest BCUT2D eigenvalue weighted by Gasteiger charge is -2.17. The Bertz CT molecular complexity index is 395. The molecule has 0 atom stereocenters. The average Bonchev–Trinajstić information content (AvgIpc) is 2.30. The quantitative estimate of drug-likeness (QED) is 0.723. The maximum absolute atomic E-state index is 4.44. The molecule has 0 spiro atoms. The first kappa shape index (κ1) is 11.2. The Morgan fingerprint density at radius 3 is 2.94 bits per heavy atom. The molecule has 0 saturated carbocycles. The predicted octanol–water partition coefficient (Wildman–Crippen LogP) is 1.94. The van der Waals surface area contributed by atoms with Gasteiger partial charge in [0.2, 0.25) is 0 Å². The summed E-state index contributed by atoms with van der Waals surface area (Å²) in [5, 5.41) is 3.35. The summed E-state index contributed by atoms with van der Waals surface area (Å²) in [5.74, 6) is 7.21. The van der Waals surface area contributed by atoms with Crippen LogP contribution in [0, 0.1) is 24.7 Å². The Morgan fingerprint density at radius 2 is 2.19 bits per heavy atom. The molecular formula is C14H18N2. The second-order valence-corrected chi connectivity index (χ2v) is 4.29. The summed E-state index contributed by atoms with van der Waals surface area (Å²) >= 11 is 0. The van der Waals surface area contributed by atoms with Crippen molar-refractivity contribution in [1.82, 2.24) is 10.3 Å². The van der Waals surface area contributed by atoms with Gasteiger partial charge in [-0.05, 0) is 45.0 Å². The Morgan fingerprint density at radius 1 is 1.38 bits per heavy atom. The van der Waals surface area contributed by atoms with Crippen LogP contribution in [-0.4, -0.2) is 18.1 Å². The number of nitrogens with zero attached hydrogens (tertiary/aromatic N) is 1. The monoisotopic (exact) mass is 214 g/mol. The molecular weight excluding hydrogens is 196 g/mol. The highest BCUT2D eigenvalue weighted by Crippen LogP contribution is 2.09. The fourth-order valence-corrected chi connectivity index (χ4v) is 1.95. The topological polar surface area (TPSA) is 24.9 Å². The number of nitrogens with one attached hydrogen (secondary N) is 1. The molecule has 2 heterocycles. The van der Waals surface area contributed by atoms with Crippen LogP contribution in [0.4, 0.5) is 0 Å². The Hall–Kier alpha value is -1.33. The van der Waals surface area contributed by atoms with E-state index in [-0.39, 0.29) is 0 Å². The molecule has 0 unspecified atom stereocenters. The van der Waals surface area contributed by atoms with Gasteiger partial charge in [-0.2, -0.15) is 0 Å². The molecule has 1 fully saturated rings. The summed E-state index contributed by atoms with van der Waals surface area (Å²) < 4.78 is 0. The molecule has 0 amide bonds. The number of hydrogen-bond acceptors (Lipinski definition) is 2. The molecule has 2 heteroatoms. The summed E-state index contributed by atoms with van der Waals surface area (Å²) in [6.45, 7) is 4.24. The van der Waals surface area contributed by atoms with Crippen molar-refractivity contribution in [3.8, 4) is 11.8 Å². The van der Waals surface area contributed by atoms with Crippen LogP contribution in [0.5, 0.6) is 0 Å². The first-order valence-electron chi connectivity index (χ1n) is 5.96. The third-order valence-electron chi connectivity index (χ3n) is 2.86. The fraction of sp³-hybridized carbons (Fsp3) is 0.500. The molecule has 1 aliphatic rings. The highest BCUT2D eigenvalue weighted by atomic mass is 14.9. The van der Waals surface area contributed by atoms with E-state index in [1.54, 1.807) is 0 Å². The van der Waals surface area contributed by atoms with Gasteiger partial charge < -0.3 is 5.32 Å². The van der Waals surface area contributed by atoms with Crippen molar-refractivity contribution in [3.05, 3.63) is 29.6 Å². The van der Waals surface area contributed by atoms with Gasteiger partial charge in [-0.15, -0.1) is 0 Å². The number of piperidine rings is 1. The predicted molar refractivity (Wildman–Crippen MR) is 66.0 cm³/mol. The maximum Gasteiger partial charge on any atom is 0.0525 e. The van der Waals surface area contributed by atoms with Gasteiger partial charge in [0.15, 0.2) is 0 Å². The molecule has 0 aliphatic carbocycles. The molecule has 2 nitrogen and oxygen atoms in total. The van der Waals surface area contributed by atoms with E-state index in [9.17, 15) is 0 Å². The first-order chi connectivity index (χ1) is 7.84. The van der Waals surface area contributed by atoms with Crippen LogP contribution in [0.1, 0.15) is 24.2 Å². The van der Waals surface area contributed by atoms with Crippen LogP contribution >= 0.6 is 0 Å². The lowest BCUT2D eigenvalue weighted by Crippen LogP contribution is -2.26. The SMILES string of the molecule is Cc1cccc(CC#CC2CCNCC2)n1. The molecule has 84 valence electrons. The van der Waals surface area contributed by atoms with Gasteiger partial charge in [-0.25, -0.2) is 0 Å². The molecule has 0 aromatic carbocycles. The first-order valence-corrected chi connectivity index (χ1v) is 5.96. The van der Waals surface area contributed by atoms with Crippen molar-refractivity contribution in [3.63, 3.8) is 0 Å². The van der Waals surface area contributed by atoms with E-state index < -0.39 is 0 Å². The van der Waals surface area contributed by atoms with E-state index >= 15 is 0 Å². The third-order valence-corrected chi connectivity index (χ3v) is 2.86. The van der Waals surface area contributed by atoms with Crippen molar-refractivity contribution in [1.29, 1.82) is 0 Å². The van der Waals surface area contributed by atoms with Crippen LogP contribution in [0.2, 0.25) is 0 Å². The fourth-order valence-electron chi connectivity index (χ4n) is 1.95. The Labute approximate surface area is 97.5 Å². The summed E-state index contributed by atoms with van der Waals surface area (Å²) in [6.07, 6.45) is 3.16. The van der Waals surface area contributed by atoms with Crippen LogP contribution in [-0.2, 0) is 6.42 Å². The molecule has 1 saturated heterocycles. The highest BCUT2D eigenvalue weighted by molar-refractivity contribution is 5.17. The smallest absolute Gasteiger partial charge is 0.0525 e. The summed E-state index contributed by atoms with van der Waals surface area (Å²) in [5.41, 5.74) is 2.16. The number of rotatable bonds is 1. The lowest BCUT2D eigenvalue weighted by atomic mass is 9.99. The summed E-state index contributed by atoms with van der Waals surface area (Å²) in [6, 6.07) is 6.11. The Kier molecular flexibility index (Phi) is 3.96. The van der Waals surface area contributed by atoms with Gasteiger partial charge in [-0.1, -0.05) is 17.9 Å². The van der Waals surface area contributed by atoms with Gasteiger partial charge >= 0.3 is 0 Å². The van der Waals surface area contributed by atoms with Gasteiger partial charge in [0, 0.05) is 11.6 Å².